The van der Waals surface area contributed by atoms with Crippen LogP contribution in [0, 0.1) is 11.8 Å². The molecule has 1 aliphatic rings. The van der Waals surface area contributed by atoms with Crippen LogP contribution in [-0.4, -0.2) is 26.5 Å². The van der Waals surface area contributed by atoms with Crippen molar-refractivity contribution in [3.05, 3.63) is 12.2 Å². The molecule has 0 fully saturated rings. The number of carbonyl (C=O) groups is 1. The van der Waals surface area contributed by atoms with Gasteiger partial charge >= 0.3 is 5.97 Å². The van der Waals surface area contributed by atoms with Crippen molar-refractivity contribution in [2.75, 3.05) is 0 Å². The Morgan fingerprint density at radius 2 is 1.80 bits per heavy atom. The van der Waals surface area contributed by atoms with Gasteiger partial charge in [-0.05, 0) is 49.2 Å². The molecule has 0 N–H and O–H groups in total. The number of hydrogen-bond donors (Lipinski definition) is 0. The van der Waals surface area contributed by atoms with E-state index in [0.29, 0.717) is 18.3 Å². The van der Waals surface area contributed by atoms with Crippen molar-refractivity contribution in [3.63, 3.8) is 0 Å². The number of carbonyl (C=O) groups excluding carboxylic acids is 1. The second kappa shape index (κ2) is 9.36. The van der Waals surface area contributed by atoms with E-state index in [0.717, 1.165) is 25.7 Å². The zero-order valence-electron chi connectivity index (χ0n) is 17.7. The molecule has 0 bridgehead atoms. The normalized spacial score (nSPS) is 27.6. The summed E-state index contributed by atoms with van der Waals surface area (Å²) >= 11 is 0. The molecule has 0 aliphatic carbocycles. The summed E-state index contributed by atoms with van der Waals surface area (Å²) in [6.45, 7) is 18.0. The Morgan fingerprint density at radius 1 is 1.20 bits per heavy atom. The lowest BCUT2D eigenvalue weighted by molar-refractivity contribution is -0.151. The number of esters is 1. The minimum absolute atomic E-state index is 0.00207. The summed E-state index contributed by atoms with van der Waals surface area (Å²) in [6, 6.07) is 0. The first-order valence-electron chi connectivity index (χ1n) is 9.96. The van der Waals surface area contributed by atoms with Crippen LogP contribution in [-0.2, 0) is 14.0 Å². The first-order chi connectivity index (χ1) is 11.4. The molecule has 146 valence electrons. The van der Waals surface area contributed by atoms with Crippen LogP contribution in [0.3, 0.4) is 0 Å². The van der Waals surface area contributed by atoms with E-state index >= 15 is 0 Å². The van der Waals surface area contributed by atoms with Gasteiger partial charge in [-0.3, -0.25) is 4.79 Å². The van der Waals surface area contributed by atoms with Crippen LogP contribution < -0.4 is 0 Å². The van der Waals surface area contributed by atoms with Crippen molar-refractivity contribution in [1.29, 1.82) is 0 Å². The molecule has 0 saturated carbocycles. The molecule has 1 heterocycles. The van der Waals surface area contributed by atoms with E-state index in [9.17, 15) is 4.79 Å². The van der Waals surface area contributed by atoms with Crippen molar-refractivity contribution >= 4 is 14.3 Å². The molecule has 1 aliphatic heterocycles. The minimum atomic E-state index is -1.81. The highest BCUT2D eigenvalue weighted by atomic mass is 28.4. The lowest BCUT2D eigenvalue weighted by atomic mass is 9.95. The summed E-state index contributed by atoms with van der Waals surface area (Å²) in [6.07, 6.45) is 8.76. The van der Waals surface area contributed by atoms with Gasteiger partial charge in [0.25, 0.3) is 0 Å². The highest BCUT2D eigenvalue weighted by Crippen LogP contribution is 2.39. The molecule has 0 unspecified atom stereocenters. The monoisotopic (exact) mass is 368 g/mol. The Labute approximate surface area is 156 Å². The van der Waals surface area contributed by atoms with Gasteiger partial charge < -0.3 is 9.16 Å². The molecule has 0 radical (unpaired) electrons. The first-order valence-corrected chi connectivity index (χ1v) is 12.9. The number of allylic oxidation sites excluding steroid dienone is 1. The van der Waals surface area contributed by atoms with Gasteiger partial charge in [0.1, 0.15) is 6.10 Å². The van der Waals surface area contributed by atoms with Crippen LogP contribution in [0.5, 0.6) is 0 Å². The minimum Gasteiger partial charge on any atom is -0.462 e. The lowest BCUT2D eigenvalue weighted by Crippen LogP contribution is -2.45. The zero-order chi connectivity index (χ0) is 19.3. The lowest BCUT2D eigenvalue weighted by Gasteiger charge is -2.41. The molecule has 3 atom stereocenters. The second-order valence-electron chi connectivity index (χ2n) is 9.50. The van der Waals surface area contributed by atoms with Gasteiger partial charge in [-0.25, -0.2) is 0 Å². The average Bonchev–Trinajstić information content (AvgIpc) is 2.46. The molecule has 0 aromatic carbocycles. The van der Waals surface area contributed by atoms with E-state index in [4.69, 9.17) is 9.16 Å². The van der Waals surface area contributed by atoms with E-state index < -0.39 is 8.32 Å². The molecule has 3 nitrogen and oxygen atoms in total. The van der Waals surface area contributed by atoms with E-state index in [-0.39, 0.29) is 23.2 Å². The predicted molar refractivity (Wildman–Crippen MR) is 108 cm³/mol. The van der Waals surface area contributed by atoms with Crippen LogP contribution in [0.1, 0.15) is 73.6 Å². The fourth-order valence-corrected chi connectivity index (χ4v) is 4.30. The Bertz CT molecular complexity index is 449. The molecule has 0 aromatic rings. The first kappa shape index (κ1) is 22.4. The smallest absolute Gasteiger partial charge is 0.306 e. The zero-order valence-corrected chi connectivity index (χ0v) is 18.7. The molecule has 0 amide bonds. The molecule has 4 heteroatoms. The van der Waals surface area contributed by atoms with Crippen molar-refractivity contribution in [3.8, 4) is 0 Å². The standard InChI is InChI=1S/C21H40O3Si/c1-16(2)18-13-10-9-12-17(3)19(14-11-15-20(22)23-18)24-25(7,8)21(4,5)6/h9-10,16-19H,11-15H2,1-8H3/t17-,18+,19-/m0/s1. The van der Waals surface area contributed by atoms with Crippen LogP contribution >= 0.6 is 0 Å². The number of ether oxygens (including phenoxy) is 1. The summed E-state index contributed by atoms with van der Waals surface area (Å²) in [5, 5.41) is 0.204. The molecule has 25 heavy (non-hydrogen) atoms. The Kier molecular flexibility index (Phi) is 8.40. The third kappa shape index (κ3) is 7.26. The largest absolute Gasteiger partial charge is 0.462 e. The Hall–Kier alpha value is -0.613. The van der Waals surface area contributed by atoms with Crippen LogP contribution in [0.25, 0.3) is 0 Å². The maximum absolute atomic E-state index is 12.2. The summed E-state index contributed by atoms with van der Waals surface area (Å²) in [5.74, 6) is 0.758. The van der Waals surface area contributed by atoms with E-state index in [2.05, 4.69) is 66.8 Å². The van der Waals surface area contributed by atoms with Crippen molar-refractivity contribution in [2.24, 2.45) is 11.8 Å². The number of rotatable bonds is 3. The highest BCUT2D eigenvalue weighted by molar-refractivity contribution is 6.74. The van der Waals surface area contributed by atoms with E-state index in [1.165, 1.54) is 0 Å². The third-order valence-electron chi connectivity index (χ3n) is 5.83. The molecule has 0 spiro atoms. The average molecular weight is 369 g/mol. The van der Waals surface area contributed by atoms with Gasteiger partial charge in [0.2, 0.25) is 0 Å². The van der Waals surface area contributed by atoms with E-state index in [1.54, 1.807) is 0 Å². The van der Waals surface area contributed by atoms with Gasteiger partial charge in [-0.2, -0.15) is 0 Å². The van der Waals surface area contributed by atoms with Gasteiger partial charge in [0.15, 0.2) is 8.32 Å². The van der Waals surface area contributed by atoms with Crippen molar-refractivity contribution in [2.45, 2.75) is 104 Å². The van der Waals surface area contributed by atoms with Gasteiger partial charge in [-0.15, -0.1) is 0 Å². The SMILES string of the molecule is CC(C)[C@H]1CC=CC[C@H](C)[C@@H](O[Si](C)(C)C(C)(C)C)CCCC(=O)O1. The van der Waals surface area contributed by atoms with Crippen LogP contribution in [0.15, 0.2) is 12.2 Å². The van der Waals surface area contributed by atoms with Gasteiger partial charge in [0.05, 0.1) is 0 Å². The molecule has 1 rings (SSSR count). The predicted octanol–water partition coefficient (Wildman–Crippen LogP) is 6.10. The summed E-state index contributed by atoms with van der Waals surface area (Å²) < 4.78 is 12.4. The maximum Gasteiger partial charge on any atom is 0.306 e. The topological polar surface area (TPSA) is 35.5 Å². The third-order valence-corrected chi connectivity index (χ3v) is 10.3. The number of hydrogen-bond acceptors (Lipinski definition) is 3. The van der Waals surface area contributed by atoms with Crippen molar-refractivity contribution in [1.82, 2.24) is 0 Å². The van der Waals surface area contributed by atoms with Gasteiger partial charge in [-0.1, -0.05) is 53.7 Å². The summed E-state index contributed by atoms with van der Waals surface area (Å²) in [4.78, 5) is 12.2. The van der Waals surface area contributed by atoms with Gasteiger partial charge in [0, 0.05) is 18.9 Å². The van der Waals surface area contributed by atoms with Crippen molar-refractivity contribution < 1.29 is 14.0 Å². The Morgan fingerprint density at radius 3 is 2.36 bits per heavy atom. The fourth-order valence-electron chi connectivity index (χ4n) is 2.84. The number of cyclic esters (lactones) is 1. The van der Waals surface area contributed by atoms with Crippen LogP contribution in [0.4, 0.5) is 0 Å². The summed E-state index contributed by atoms with van der Waals surface area (Å²) in [5.41, 5.74) is 0. The van der Waals surface area contributed by atoms with Crippen LogP contribution in [0.2, 0.25) is 18.1 Å². The molecular formula is C21H40O3Si. The quantitative estimate of drug-likeness (QED) is 0.343. The maximum atomic E-state index is 12.2. The molecule has 0 saturated heterocycles. The fraction of sp³-hybridized carbons (Fsp3) is 0.857. The highest BCUT2D eigenvalue weighted by Gasteiger charge is 2.40. The Balaban J connectivity index is 2.85. The molecular weight excluding hydrogens is 328 g/mol. The summed E-state index contributed by atoms with van der Waals surface area (Å²) in [7, 11) is -1.81. The van der Waals surface area contributed by atoms with E-state index in [1.807, 2.05) is 0 Å². The molecule has 0 aromatic heterocycles. The second-order valence-corrected chi connectivity index (χ2v) is 14.3.